The number of hydrogen-bond acceptors (Lipinski definition) is 5. The number of fused-ring (bicyclic) bond motifs is 1. The molecule has 158 valence electrons. The van der Waals surface area contributed by atoms with E-state index in [1.165, 1.54) is 21.5 Å². The normalized spacial score (nSPS) is 19.2. The van der Waals surface area contributed by atoms with Crippen molar-refractivity contribution in [2.75, 3.05) is 19.6 Å². The molecule has 0 radical (unpaired) electrons. The van der Waals surface area contributed by atoms with Crippen LogP contribution >= 0.6 is 0 Å². The second kappa shape index (κ2) is 7.87. The lowest BCUT2D eigenvalue weighted by Gasteiger charge is -2.30. The number of benzene rings is 1. The van der Waals surface area contributed by atoms with Crippen molar-refractivity contribution < 1.29 is 22.3 Å². The van der Waals surface area contributed by atoms with E-state index in [-0.39, 0.29) is 23.4 Å². The molecule has 3 rings (SSSR count). The van der Waals surface area contributed by atoms with Crippen molar-refractivity contribution in [3.05, 3.63) is 36.4 Å². The average molecular weight is 424 g/mol. The number of carbonyl (C=O) groups excluding carboxylic acids is 1. The van der Waals surface area contributed by atoms with Crippen molar-refractivity contribution in [3.63, 3.8) is 0 Å². The molecule has 1 saturated heterocycles. The van der Waals surface area contributed by atoms with Crippen LogP contribution in [0.5, 0.6) is 0 Å². The summed E-state index contributed by atoms with van der Waals surface area (Å²) in [7, 11) is -3.98. The van der Waals surface area contributed by atoms with E-state index in [4.69, 9.17) is 4.74 Å². The van der Waals surface area contributed by atoms with Crippen LogP contribution < -0.4 is 0 Å². The maximum Gasteiger partial charge on any atom is 0.410 e. The Bertz CT molecular complexity index is 1010. The second-order valence-electron chi connectivity index (χ2n) is 8.22. The minimum absolute atomic E-state index is 0.0305. The van der Waals surface area contributed by atoms with E-state index in [1.807, 2.05) is 0 Å². The van der Waals surface area contributed by atoms with Gasteiger partial charge in [-0.05, 0) is 40.2 Å². The number of pyridine rings is 1. The van der Waals surface area contributed by atoms with E-state index < -0.39 is 33.6 Å². The van der Waals surface area contributed by atoms with Crippen molar-refractivity contribution in [1.82, 2.24) is 14.2 Å². The van der Waals surface area contributed by atoms with Gasteiger partial charge in [-0.25, -0.2) is 17.6 Å². The van der Waals surface area contributed by atoms with Crippen LogP contribution in [0.4, 0.5) is 9.18 Å². The first-order chi connectivity index (χ1) is 13.5. The van der Waals surface area contributed by atoms with Crippen LogP contribution in [0.15, 0.2) is 35.5 Å². The molecule has 0 bridgehead atoms. The van der Waals surface area contributed by atoms with Gasteiger partial charge in [-0.1, -0.05) is 12.1 Å². The van der Waals surface area contributed by atoms with Crippen LogP contribution in [0.1, 0.15) is 34.1 Å². The molecular formula is C20H26FN3O4S. The Kier molecular flexibility index (Phi) is 5.82. The largest absolute Gasteiger partial charge is 0.444 e. The highest BCUT2D eigenvalue weighted by Crippen LogP contribution is 2.29. The summed E-state index contributed by atoms with van der Waals surface area (Å²) in [5, 5.41) is 0.451. The topological polar surface area (TPSA) is 79.8 Å². The van der Waals surface area contributed by atoms with Crippen LogP contribution in [0.2, 0.25) is 0 Å². The Labute approximate surface area is 170 Å². The smallest absolute Gasteiger partial charge is 0.410 e. The summed E-state index contributed by atoms with van der Waals surface area (Å²) in [5.74, 6) is -0.681. The average Bonchev–Trinajstić information content (AvgIpc) is 2.82. The highest BCUT2D eigenvalue weighted by molar-refractivity contribution is 7.89. The molecule has 0 spiro atoms. The third-order valence-electron chi connectivity index (χ3n) is 4.72. The van der Waals surface area contributed by atoms with E-state index in [2.05, 4.69) is 4.98 Å². The number of sulfonamides is 1. The van der Waals surface area contributed by atoms with Gasteiger partial charge in [0.2, 0.25) is 10.0 Å². The van der Waals surface area contributed by atoms with Gasteiger partial charge in [0.15, 0.2) is 5.82 Å². The Hall–Kier alpha value is -2.26. The van der Waals surface area contributed by atoms with Crippen molar-refractivity contribution in [2.45, 2.75) is 50.7 Å². The van der Waals surface area contributed by atoms with Gasteiger partial charge in [0.05, 0.1) is 11.1 Å². The quantitative estimate of drug-likeness (QED) is 0.740. The molecule has 1 aromatic heterocycles. The van der Waals surface area contributed by atoms with Crippen LogP contribution in [0, 0.1) is 5.82 Å². The molecular weight excluding hydrogens is 397 g/mol. The third kappa shape index (κ3) is 4.51. The fourth-order valence-electron chi connectivity index (χ4n) is 3.49. The third-order valence-corrected chi connectivity index (χ3v) is 6.78. The zero-order valence-electron chi connectivity index (χ0n) is 17.1. The van der Waals surface area contributed by atoms with Crippen molar-refractivity contribution in [3.8, 4) is 0 Å². The van der Waals surface area contributed by atoms with E-state index in [1.54, 1.807) is 39.8 Å². The molecule has 0 saturated carbocycles. The molecule has 29 heavy (non-hydrogen) atoms. The number of hydrogen-bond donors (Lipinski definition) is 0. The first-order valence-corrected chi connectivity index (χ1v) is 11.0. The number of rotatable bonds is 2. The van der Waals surface area contributed by atoms with Gasteiger partial charge in [-0.3, -0.25) is 4.98 Å². The van der Waals surface area contributed by atoms with Gasteiger partial charge in [0.25, 0.3) is 0 Å². The van der Waals surface area contributed by atoms with Crippen molar-refractivity contribution >= 4 is 26.9 Å². The lowest BCUT2D eigenvalue weighted by atomic mass is 10.2. The molecule has 1 aliphatic rings. The van der Waals surface area contributed by atoms with Crippen LogP contribution in [-0.2, 0) is 14.8 Å². The summed E-state index contributed by atoms with van der Waals surface area (Å²) in [6.45, 7) is 7.91. The number of nitrogens with zero attached hydrogens (tertiary/aromatic N) is 3. The number of amides is 1. The Morgan fingerprint density at radius 3 is 2.66 bits per heavy atom. The number of ether oxygens (including phenoxy) is 1. The predicted octanol–water partition coefficient (Wildman–Crippen LogP) is 3.39. The van der Waals surface area contributed by atoms with Crippen molar-refractivity contribution in [2.24, 2.45) is 0 Å². The highest BCUT2D eigenvalue weighted by Gasteiger charge is 2.35. The summed E-state index contributed by atoms with van der Waals surface area (Å²) in [5.41, 5.74) is -0.632. The number of aromatic nitrogens is 1. The van der Waals surface area contributed by atoms with Gasteiger partial charge in [-0.2, -0.15) is 4.31 Å². The van der Waals surface area contributed by atoms with Crippen LogP contribution in [0.25, 0.3) is 10.8 Å². The zero-order valence-corrected chi connectivity index (χ0v) is 17.9. The molecule has 1 aromatic carbocycles. The minimum atomic E-state index is -3.98. The fourth-order valence-corrected chi connectivity index (χ4v) is 5.37. The molecule has 2 aromatic rings. The molecule has 7 nitrogen and oxygen atoms in total. The zero-order chi connectivity index (χ0) is 21.4. The van der Waals surface area contributed by atoms with Gasteiger partial charge >= 0.3 is 6.09 Å². The van der Waals surface area contributed by atoms with E-state index in [0.29, 0.717) is 18.4 Å². The molecule has 1 fully saturated rings. The first-order valence-electron chi connectivity index (χ1n) is 9.53. The molecule has 1 unspecified atom stereocenters. The summed E-state index contributed by atoms with van der Waals surface area (Å²) in [4.78, 5) is 17.7. The van der Waals surface area contributed by atoms with Crippen molar-refractivity contribution in [1.29, 1.82) is 0 Å². The summed E-state index contributed by atoms with van der Waals surface area (Å²) in [6, 6.07) is 4.12. The highest BCUT2D eigenvalue weighted by atomic mass is 32.2. The van der Waals surface area contributed by atoms with E-state index >= 15 is 0 Å². The van der Waals surface area contributed by atoms with Crippen LogP contribution in [0.3, 0.4) is 0 Å². The number of halogens is 1. The Balaban J connectivity index is 1.92. The monoisotopic (exact) mass is 423 g/mol. The fraction of sp³-hybridized carbons (Fsp3) is 0.500. The predicted molar refractivity (Wildman–Crippen MR) is 107 cm³/mol. The summed E-state index contributed by atoms with van der Waals surface area (Å²) in [6.07, 6.45) is 2.44. The number of carbonyl (C=O) groups is 1. The summed E-state index contributed by atoms with van der Waals surface area (Å²) >= 11 is 0. The maximum absolute atomic E-state index is 14.4. The Morgan fingerprint density at radius 1 is 1.24 bits per heavy atom. The van der Waals surface area contributed by atoms with E-state index in [0.717, 1.165) is 6.20 Å². The molecule has 9 heteroatoms. The SMILES string of the molecule is CC1CN(C(=O)OC(C)(C)C)CCCN1S(=O)(=O)c1cccc2cncc(F)c12. The second-order valence-corrected chi connectivity index (χ2v) is 10.1. The van der Waals surface area contributed by atoms with E-state index in [9.17, 15) is 17.6 Å². The standard InChI is InChI=1S/C20H26FN3O4S/c1-14-13-23(19(25)28-20(2,3)4)9-6-10-24(14)29(26,27)17-8-5-7-15-11-22-12-16(21)18(15)17/h5,7-8,11-12,14H,6,9-10,13H2,1-4H3. The van der Waals surface area contributed by atoms with Gasteiger partial charge in [-0.15, -0.1) is 0 Å². The molecule has 1 amide bonds. The summed E-state index contributed by atoms with van der Waals surface area (Å²) < 4.78 is 48.0. The van der Waals surface area contributed by atoms with Gasteiger partial charge < -0.3 is 9.64 Å². The minimum Gasteiger partial charge on any atom is -0.444 e. The first kappa shape index (κ1) is 21.4. The molecule has 0 N–H and O–H groups in total. The van der Waals surface area contributed by atoms with Crippen LogP contribution in [-0.4, -0.2) is 60.0 Å². The molecule has 2 heterocycles. The maximum atomic E-state index is 14.4. The van der Waals surface area contributed by atoms with Gasteiger partial charge in [0, 0.05) is 42.6 Å². The molecule has 1 atom stereocenters. The van der Waals surface area contributed by atoms with Gasteiger partial charge in [0.1, 0.15) is 5.60 Å². The molecule has 0 aliphatic carbocycles. The lowest BCUT2D eigenvalue weighted by Crippen LogP contribution is -2.45. The Morgan fingerprint density at radius 2 is 1.97 bits per heavy atom. The molecule has 1 aliphatic heterocycles. The lowest BCUT2D eigenvalue weighted by molar-refractivity contribution is 0.0244.